The van der Waals surface area contributed by atoms with Gasteiger partial charge in [-0.1, -0.05) is 18.2 Å². The number of rotatable bonds is 7. The van der Waals surface area contributed by atoms with E-state index in [0.29, 0.717) is 0 Å². The standard InChI is InChI=1S/C20H25N3O4.C2H2O4/c1-26-19-7-6-17(20(13-19)27-2)15-22-10-8-21(9-11-22)14-16-4-3-5-18(12-16)23(24)25;3-1(4)2(5)6/h3-7,12-13H,8-11,14-15H2,1-2H3;(H,3,4)(H,5,6). The van der Waals surface area contributed by atoms with E-state index in [0.717, 1.165) is 61.9 Å². The molecular formula is C22H27N3O8. The van der Waals surface area contributed by atoms with Gasteiger partial charge in [0.25, 0.3) is 5.69 Å². The number of carbonyl (C=O) groups is 2. The van der Waals surface area contributed by atoms with E-state index in [4.69, 9.17) is 29.3 Å². The van der Waals surface area contributed by atoms with Gasteiger partial charge < -0.3 is 19.7 Å². The van der Waals surface area contributed by atoms with E-state index in [1.165, 1.54) is 6.07 Å². The zero-order chi connectivity index (χ0) is 24.4. The van der Waals surface area contributed by atoms with Gasteiger partial charge in [-0.25, -0.2) is 9.59 Å². The first-order valence-electron chi connectivity index (χ1n) is 10.1. The van der Waals surface area contributed by atoms with Gasteiger partial charge in [-0.2, -0.15) is 0 Å². The number of nitro groups is 1. The first-order chi connectivity index (χ1) is 15.7. The third-order valence-corrected chi connectivity index (χ3v) is 5.06. The normalized spacial score (nSPS) is 14.0. The fraction of sp³-hybridized carbons (Fsp3) is 0.364. The highest BCUT2D eigenvalue weighted by Crippen LogP contribution is 2.26. The van der Waals surface area contributed by atoms with Crippen LogP contribution in [0, 0.1) is 10.1 Å². The number of piperazine rings is 1. The van der Waals surface area contributed by atoms with Crippen molar-refractivity contribution in [2.24, 2.45) is 0 Å². The molecule has 3 rings (SSSR count). The van der Waals surface area contributed by atoms with Gasteiger partial charge in [0.15, 0.2) is 0 Å². The maximum absolute atomic E-state index is 10.9. The molecule has 33 heavy (non-hydrogen) atoms. The molecule has 11 heteroatoms. The Morgan fingerprint density at radius 2 is 1.55 bits per heavy atom. The molecule has 0 unspecified atom stereocenters. The van der Waals surface area contributed by atoms with Crippen LogP contribution < -0.4 is 9.47 Å². The second-order valence-electron chi connectivity index (χ2n) is 7.27. The SMILES string of the molecule is COc1ccc(CN2CCN(Cc3cccc([N+](=O)[O-])c3)CC2)c(OC)c1.O=C(O)C(=O)O. The number of hydrogen-bond acceptors (Lipinski definition) is 8. The van der Waals surface area contributed by atoms with Crippen molar-refractivity contribution in [1.82, 2.24) is 9.80 Å². The summed E-state index contributed by atoms with van der Waals surface area (Å²) in [4.78, 5) is 33.5. The number of ether oxygens (including phenoxy) is 2. The minimum atomic E-state index is -1.82. The molecule has 2 N–H and O–H groups in total. The van der Waals surface area contributed by atoms with E-state index in [2.05, 4.69) is 9.80 Å². The van der Waals surface area contributed by atoms with Crippen LogP contribution in [0.4, 0.5) is 5.69 Å². The van der Waals surface area contributed by atoms with Crippen LogP contribution in [0.15, 0.2) is 42.5 Å². The smallest absolute Gasteiger partial charge is 0.414 e. The molecule has 0 aliphatic carbocycles. The number of carboxylic acids is 2. The Labute approximate surface area is 190 Å². The molecule has 0 bridgehead atoms. The van der Waals surface area contributed by atoms with E-state index in [1.54, 1.807) is 26.4 Å². The van der Waals surface area contributed by atoms with E-state index in [1.807, 2.05) is 24.3 Å². The number of non-ortho nitro benzene ring substituents is 1. The molecule has 1 aliphatic heterocycles. The number of benzene rings is 2. The Bertz CT molecular complexity index is 962. The summed E-state index contributed by atoms with van der Waals surface area (Å²) in [6, 6.07) is 12.8. The molecule has 1 aliphatic rings. The van der Waals surface area contributed by atoms with Crippen LogP contribution in [-0.4, -0.2) is 77.3 Å². The van der Waals surface area contributed by atoms with Crippen molar-refractivity contribution in [1.29, 1.82) is 0 Å². The van der Waals surface area contributed by atoms with Gasteiger partial charge in [-0.3, -0.25) is 19.9 Å². The Morgan fingerprint density at radius 3 is 2.06 bits per heavy atom. The van der Waals surface area contributed by atoms with Gasteiger partial charge in [0.2, 0.25) is 0 Å². The Morgan fingerprint density at radius 1 is 0.939 bits per heavy atom. The van der Waals surface area contributed by atoms with Crippen LogP contribution in [-0.2, 0) is 22.7 Å². The molecular weight excluding hydrogens is 434 g/mol. The average molecular weight is 461 g/mol. The van der Waals surface area contributed by atoms with Crippen LogP contribution in [0.25, 0.3) is 0 Å². The Balaban J connectivity index is 0.000000569. The summed E-state index contributed by atoms with van der Waals surface area (Å²) >= 11 is 0. The van der Waals surface area contributed by atoms with Crippen LogP contribution in [0.5, 0.6) is 11.5 Å². The van der Waals surface area contributed by atoms with Crippen LogP contribution in [0.2, 0.25) is 0 Å². The summed E-state index contributed by atoms with van der Waals surface area (Å²) in [5, 5.41) is 25.7. The van der Waals surface area contributed by atoms with E-state index >= 15 is 0 Å². The monoisotopic (exact) mass is 461 g/mol. The second-order valence-corrected chi connectivity index (χ2v) is 7.27. The van der Waals surface area contributed by atoms with E-state index < -0.39 is 11.9 Å². The number of aliphatic carboxylic acids is 2. The molecule has 11 nitrogen and oxygen atoms in total. The summed E-state index contributed by atoms with van der Waals surface area (Å²) in [5.41, 5.74) is 2.28. The molecule has 0 spiro atoms. The van der Waals surface area contributed by atoms with Crippen molar-refractivity contribution in [3.05, 3.63) is 63.7 Å². The molecule has 0 saturated carbocycles. The van der Waals surface area contributed by atoms with Gasteiger partial charge in [-0.15, -0.1) is 0 Å². The summed E-state index contributed by atoms with van der Waals surface area (Å²) in [7, 11) is 3.32. The number of nitrogens with zero attached hydrogens (tertiary/aromatic N) is 3. The van der Waals surface area contributed by atoms with Crippen molar-refractivity contribution in [3.8, 4) is 11.5 Å². The summed E-state index contributed by atoms with van der Waals surface area (Å²) in [6.45, 7) is 5.33. The lowest BCUT2D eigenvalue weighted by atomic mass is 10.1. The zero-order valence-electron chi connectivity index (χ0n) is 18.5. The molecule has 0 radical (unpaired) electrons. The Kier molecular flexibility index (Phi) is 9.58. The second kappa shape index (κ2) is 12.4. The lowest BCUT2D eigenvalue weighted by Crippen LogP contribution is -2.45. The zero-order valence-corrected chi connectivity index (χ0v) is 18.5. The van der Waals surface area contributed by atoms with Crippen molar-refractivity contribution in [2.75, 3.05) is 40.4 Å². The van der Waals surface area contributed by atoms with Gasteiger partial charge in [0.05, 0.1) is 19.1 Å². The van der Waals surface area contributed by atoms with E-state index in [-0.39, 0.29) is 10.6 Å². The number of hydrogen-bond donors (Lipinski definition) is 2. The topological polar surface area (TPSA) is 143 Å². The summed E-state index contributed by atoms with van der Waals surface area (Å²) in [6.07, 6.45) is 0. The maximum atomic E-state index is 10.9. The van der Waals surface area contributed by atoms with Crippen molar-refractivity contribution < 1.29 is 34.2 Å². The molecule has 0 amide bonds. The van der Waals surface area contributed by atoms with Gasteiger partial charge in [0, 0.05) is 63.0 Å². The average Bonchev–Trinajstić information content (AvgIpc) is 2.81. The molecule has 178 valence electrons. The molecule has 1 fully saturated rings. The van der Waals surface area contributed by atoms with Crippen molar-refractivity contribution >= 4 is 17.6 Å². The molecule has 2 aromatic rings. The third kappa shape index (κ3) is 8.05. The quantitative estimate of drug-likeness (QED) is 0.357. The minimum absolute atomic E-state index is 0.151. The van der Waals surface area contributed by atoms with Gasteiger partial charge >= 0.3 is 11.9 Å². The third-order valence-electron chi connectivity index (χ3n) is 5.06. The van der Waals surface area contributed by atoms with Crippen molar-refractivity contribution in [3.63, 3.8) is 0 Å². The highest BCUT2D eigenvalue weighted by molar-refractivity contribution is 6.27. The van der Waals surface area contributed by atoms with Crippen LogP contribution in [0.3, 0.4) is 0 Å². The molecule has 0 atom stereocenters. The predicted molar refractivity (Wildman–Crippen MR) is 118 cm³/mol. The molecule has 1 saturated heterocycles. The van der Waals surface area contributed by atoms with Crippen LogP contribution in [0.1, 0.15) is 11.1 Å². The molecule has 0 aromatic heterocycles. The van der Waals surface area contributed by atoms with Gasteiger partial charge in [-0.05, 0) is 11.6 Å². The maximum Gasteiger partial charge on any atom is 0.414 e. The number of nitro benzene ring substituents is 1. The van der Waals surface area contributed by atoms with Gasteiger partial charge in [0.1, 0.15) is 11.5 Å². The van der Waals surface area contributed by atoms with Crippen molar-refractivity contribution in [2.45, 2.75) is 13.1 Å². The largest absolute Gasteiger partial charge is 0.497 e. The fourth-order valence-electron chi connectivity index (χ4n) is 3.36. The number of carboxylic acid groups (broad SMARTS) is 2. The first kappa shape index (κ1) is 25.6. The summed E-state index contributed by atoms with van der Waals surface area (Å²) in [5.74, 6) is -2.02. The first-order valence-corrected chi connectivity index (χ1v) is 10.1. The lowest BCUT2D eigenvalue weighted by molar-refractivity contribution is -0.384. The lowest BCUT2D eigenvalue weighted by Gasteiger charge is -2.35. The Hall–Kier alpha value is -3.70. The molecule has 1 heterocycles. The highest BCUT2D eigenvalue weighted by atomic mass is 16.6. The molecule has 2 aromatic carbocycles. The minimum Gasteiger partial charge on any atom is -0.497 e. The number of methoxy groups -OCH3 is 2. The highest BCUT2D eigenvalue weighted by Gasteiger charge is 2.19. The fourth-order valence-corrected chi connectivity index (χ4v) is 3.36. The van der Waals surface area contributed by atoms with E-state index in [9.17, 15) is 10.1 Å². The van der Waals surface area contributed by atoms with Crippen LogP contribution >= 0.6 is 0 Å². The summed E-state index contributed by atoms with van der Waals surface area (Å²) < 4.78 is 10.7. The predicted octanol–water partition coefficient (Wildman–Crippen LogP) is 2.09.